The molecule has 38 heavy (non-hydrogen) atoms. The van der Waals surface area contributed by atoms with Gasteiger partial charge in [-0.1, -0.05) is 20.8 Å². The third-order valence-corrected chi connectivity index (χ3v) is 12.1. The fourth-order valence-electron chi connectivity index (χ4n) is 10.1. The normalized spacial score (nSPS) is 42.4. The monoisotopic (exact) mass is 525 g/mol. The summed E-state index contributed by atoms with van der Waals surface area (Å²) in [5.74, 6) is 4.54. The van der Waals surface area contributed by atoms with Crippen LogP contribution in [-0.4, -0.2) is 41.5 Å². The van der Waals surface area contributed by atoms with Gasteiger partial charge in [0.25, 0.3) is 0 Å². The highest BCUT2D eigenvalue weighted by atomic mass is 16.6. The molecular formula is C32H47NO5. The van der Waals surface area contributed by atoms with Crippen LogP contribution in [0.4, 0.5) is 5.69 Å². The smallest absolute Gasteiger partial charge is 0.224 e. The molecule has 1 heterocycles. The Kier molecular flexibility index (Phi) is 6.95. The van der Waals surface area contributed by atoms with Gasteiger partial charge in [-0.2, -0.15) is 0 Å². The van der Waals surface area contributed by atoms with Crippen LogP contribution in [-0.2, 0) is 4.79 Å². The van der Waals surface area contributed by atoms with E-state index >= 15 is 0 Å². The first-order valence-electron chi connectivity index (χ1n) is 15.2. The van der Waals surface area contributed by atoms with Gasteiger partial charge >= 0.3 is 0 Å². The first-order valence-corrected chi connectivity index (χ1v) is 15.2. The molecule has 0 aromatic heterocycles. The molecule has 5 aliphatic rings. The second-order valence-corrected chi connectivity index (χ2v) is 13.9. The number of ether oxygens (including phenoxy) is 2. The van der Waals surface area contributed by atoms with Crippen molar-refractivity contribution in [3.05, 3.63) is 18.2 Å². The van der Waals surface area contributed by atoms with Gasteiger partial charge in [0.15, 0.2) is 11.5 Å². The van der Waals surface area contributed by atoms with Crippen LogP contribution in [0.5, 0.6) is 11.5 Å². The van der Waals surface area contributed by atoms with Gasteiger partial charge in [-0.25, -0.2) is 0 Å². The minimum absolute atomic E-state index is 0.0538. The van der Waals surface area contributed by atoms with E-state index in [-0.39, 0.29) is 28.9 Å². The molecule has 4 saturated carbocycles. The summed E-state index contributed by atoms with van der Waals surface area (Å²) in [4.78, 5) is 12.9. The van der Waals surface area contributed by atoms with Gasteiger partial charge in [0.05, 0.1) is 12.2 Å². The Hall–Kier alpha value is -1.79. The van der Waals surface area contributed by atoms with E-state index in [4.69, 9.17) is 9.47 Å². The van der Waals surface area contributed by atoms with E-state index in [1.54, 1.807) is 0 Å². The summed E-state index contributed by atoms with van der Waals surface area (Å²) < 4.78 is 11.2. The predicted molar refractivity (Wildman–Crippen MR) is 147 cm³/mol. The summed E-state index contributed by atoms with van der Waals surface area (Å²) in [5, 5.41) is 24.9. The average molecular weight is 526 g/mol. The fraction of sp³-hybridized carbons (Fsp3) is 0.781. The molecule has 4 fully saturated rings. The highest BCUT2D eigenvalue weighted by Crippen LogP contribution is 2.68. The van der Waals surface area contributed by atoms with Crippen molar-refractivity contribution in [2.45, 2.75) is 97.2 Å². The van der Waals surface area contributed by atoms with Gasteiger partial charge in [0.2, 0.25) is 5.91 Å². The van der Waals surface area contributed by atoms with Gasteiger partial charge < -0.3 is 25.0 Å². The molecule has 6 rings (SSSR count). The lowest BCUT2D eigenvalue weighted by atomic mass is 9.43. The molecule has 10 unspecified atom stereocenters. The van der Waals surface area contributed by atoms with Crippen LogP contribution in [0.1, 0.15) is 85.0 Å². The molecule has 6 heteroatoms. The SMILES string of the molecule is CC(CCC(=O)Nc1ccc2c(c1)OCCO2)C1CCC2C3C(O)CC4CC(O)CCC4(C)C3CCC12C. The van der Waals surface area contributed by atoms with Crippen molar-refractivity contribution >= 4 is 11.6 Å². The molecule has 4 aliphatic carbocycles. The van der Waals surface area contributed by atoms with Crippen LogP contribution in [0, 0.1) is 46.3 Å². The molecule has 0 saturated heterocycles. The zero-order valence-corrected chi connectivity index (χ0v) is 23.5. The maximum atomic E-state index is 12.9. The summed E-state index contributed by atoms with van der Waals surface area (Å²) in [6.07, 6.45) is 9.58. The van der Waals surface area contributed by atoms with E-state index in [1.807, 2.05) is 18.2 Å². The number of fused-ring (bicyclic) bond motifs is 6. The zero-order valence-electron chi connectivity index (χ0n) is 23.5. The molecular weight excluding hydrogens is 478 g/mol. The van der Waals surface area contributed by atoms with E-state index in [2.05, 4.69) is 26.1 Å². The largest absolute Gasteiger partial charge is 0.486 e. The number of anilines is 1. The third-order valence-electron chi connectivity index (χ3n) is 12.1. The highest BCUT2D eigenvalue weighted by Gasteiger charge is 2.62. The zero-order chi connectivity index (χ0) is 26.7. The van der Waals surface area contributed by atoms with Crippen molar-refractivity contribution in [2.24, 2.45) is 46.3 Å². The Morgan fingerprint density at radius 1 is 1.00 bits per heavy atom. The maximum Gasteiger partial charge on any atom is 0.224 e. The van der Waals surface area contributed by atoms with Crippen molar-refractivity contribution in [2.75, 3.05) is 18.5 Å². The van der Waals surface area contributed by atoms with Crippen molar-refractivity contribution in [1.29, 1.82) is 0 Å². The number of aliphatic hydroxyl groups is 2. The lowest BCUT2D eigenvalue weighted by Gasteiger charge is -2.62. The number of nitrogens with one attached hydrogen (secondary N) is 1. The van der Waals surface area contributed by atoms with E-state index in [1.165, 1.54) is 25.7 Å². The second kappa shape index (κ2) is 9.99. The van der Waals surface area contributed by atoms with E-state index in [0.717, 1.165) is 43.5 Å². The molecule has 1 amide bonds. The first kappa shape index (κ1) is 26.4. The van der Waals surface area contributed by atoms with Gasteiger partial charge in [-0.3, -0.25) is 4.79 Å². The quantitative estimate of drug-likeness (QED) is 0.452. The molecule has 0 bridgehead atoms. The average Bonchev–Trinajstić information content (AvgIpc) is 3.25. The Morgan fingerprint density at radius 2 is 1.74 bits per heavy atom. The Morgan fingerprint density at radius 3 is 2.55 bits per heavy atom. The molecule has 1 aromatic carbocycles. The molecule has 10 atom stereocenters. The van der Waals surface area contributed by atoms with Gasteiger partial charge in [0, 0.05) is 18.2 Å². The van der Waals surface area contributed by atoms with Crippen molar-refractivity contribution in [3.8, 4) is 11.5 Å². The Bertz CT molecular complexity index is 1040. The van der Waals surface area contributed by atoms with Gasteiger partial charge in [0.1, 0.15) is 13.2 Å². The lowest BCUT2D eigenvalue weighted by molar-refractivity contribution is -0.174. The maximum absolute atomic E-state index is 12.9. The van der Waals surface area contributed by atoms with Gasteiger partial charge in [-0.15, -0.1) is 0 Å². The van der Waals surface area contributed by atoms with E-state index in [0.29, 0.717) is 60.9 Å². The molecule has 1 aliphatic heterocycles. The predicted octanol–water partition coefficient (Wildman–Crippen LogP) is 5.80. The number of hydrogen-bond acceptors (Lipinski definition) is 5. The fourth-order valence-corrected chi connectivity index (χ4v) is 10.1. The molecule has 3 N–H and O–H groups in total. The number of aliphatic hydroxyl groups excluding tert-OH is 2. The molecule has 0 spiro atoms. The number of carbonyl (C=O) groups is 1. The molecule has 210 valence electrons. The van der Waals surface area contributed by atoms with Crippen LogP contribution < -0.4 is 14.8 Å². The number of amides is 1. The topological polar surface area (TPSA) is 88.0 Å². The minimum atomic E-state index is -0.237. The Labute approximate surface area is 227 Å². The lowest BCUT2D eigenvalue weighted by Crippen LogP contribution is -2.58. The summed E-state index contributed by atoms with van der Waals surface area (Å²) in [6.45, 7) is 8.42. The summed E-state index contributed by atoms with van der Waals surface area (Å²) in [7, 11) is 0. The van der Waals surface area contributed by atoms with Crippen molar-refractivity contribution < 1.29 is 24.5 Å². The number of hydrogen-bond donors (Lipinski definition) is 3. The first-order chi connectivity index (χ1) is 18.2. The van der Waals surface area contributed by atoms with Gasteiger partial charge in [-0.05, 0) is 116 Å². The van der Waals surface area contributed by atoms with E-state index < -0.39 is 0 Å². The van der Waals surface area contributed by atoms with Crippen LogP contribution in [0.3, 0.4) is 0 Å². The number of rotatable bonds is 5. The van der Waals surface area contributed by atoms with Crippen molar-refractivity contribution in [3.63, 3.8) is 0 Å². The third kappa shape index (κ3) is 4.44. The van der Waals surface area contributed by atoms with Crippen LogP contribution in [0.25, 0.3) is 0 Å². The van der Waals surface area contributed by atoms with Crippen LogP contribution in [0.15, 0.2) is 18.2 Å². The molecule has 6 nitrogen and oxygen atoms in total. The summed E-state index contributed by atoms with van der Waals surface area (Å²) in [6, 6.07) is 5.59. The Balaban J connectivity index is 1.09. The van der Waals surface area contributed by atoms with Crippen molar-refractivity contribution in [1.82, 2.24) is 0 Å². The minimum Gasteiger partial charge on any atom is -0.486 e. The summed E-state index contributed by atoms with van der Waals surface area (Å²) in [5.41, 5.74) is 1.26. The number of benzene rings is 1. The molecule has 0 radical (unpaired) electrons. The van der Waals surface area contributed by atoms with E-state index in [9.17, 15) is 15.0 Å². The standard InChI is InChI=1S/C32H47NO5/c1-19(4-9-29(36)33-21-5-8-27-28(18-21)38-15-14-37-27)23-6-7-24-30-25(11-13-32(23,24)3)31(2)12-10-22(34)16-20(31)17-26(30)35/h5,8,18-20,22-26,30,34-35H,4,6-7,9-17H2,1-3H3,(H,33,36). The number of carbonyl (C=O) groups excluding carboxylic acids is 1. The van der Waals surface area contributed by atoms with Crippen LogP contribution >= 0.6 is 0 Å². The van der Waals surface area contributed by atoms with Crippen LogP contribution in [0.2, 0.25) is 0 Å². The second-order valence-electron chi connectivity index (χ2n) is 13.9. The highest BCUT2D eigenvalue weighted by molar-refractivity contribution is 5.91. The summed E-state index contributed by atoms with van der Waals surface area (Å²) >= 11 is 0. The molecule has 1 aromatic rings.